The summed E-state index contributed by atoms with van der Waals surface area (Å²) >= 11 is 0. The summed E-state index contributed by atoms with van der Waals surface area (Å²) in [7, 11) is 1.67. The molecule has 25 heavy (non-hydrogen) atoms. The topological polar surface area (TPSA) is 66.1 Å². The molecule has 0 aromatic heterocycles. The molecule has 3 rings (SSSR count). The minimum Gasteiger partial charge on any atom is -0.383 e. The molecule has 1 saturated heterocycles. The summed E-state index contributed by atoms with van der Waals surface area (Å²) in [6.07, 6.45) is 2.88. The molecule has 0 radical (unpaired) electrons. The van der Waals surface area contributed by atoms with E-state index in [1.165, 1.54) is 43.7 Å². The van der Waals surface area contributed by atoms with Crippen LogP contribution in [0, 0.1) is 5.92 Å². The zero-order chi connectivity index (χ0) is 17.5. The average molecular weight is 345 g/mol. The zero-order valence-corrected chi connectivity index (χ0v) is 15.3. The van der Waals surface area contributed by atoms with Crippen LogP contribution in [0.4, 0.5) is 5.69 Å². The largest absolute Gasteiger partial charge is 0.383 e. The molecule has 0 unspecified atom stereocenters. The van der Waals surface area contributed by atoms with Gasteiger partial charge in [-0.05, 0) is 36.5 Å². The second-order valence-corrected chi connectivity index (χ2v) is 7.02. The van der Waals surface area contributed by atoms with Crippen molar-refractivity contribution in [1.82, 2.24) is 10.2 Å². The van der Waals surface area contributed by atoms with Crippen LogP contribution in [0.25, 0.3) is 0 Å². The number of nitrogens with zero attached hydrogens (tertiary/aromatic N) is 3. The van der Waals surface area contributed by atoms with E-state index < -0.39 is 0 Å². The first-order valence-corrected chi connectivity index (χ1v) is 9.33. The predicted molar refractivity (Wildman–Crippen MR) is 103 cm³/mol. The molecule has 3 N–H and O–H groups in total. The van der Waals surface area contributed by atoms with Crippen molar-refractivity contribution in [2.45, 2.75) is 19.4 Å². The first kappa shape index (κ1) is 18.0. The molecule has 1 saturated carbocycles. The van der Waals surface area contributed by atoms with Crippen LogP contribution in [0.2, 0.25) is 0 Å². The van der Waals surface area contributed by atoms with Gasteiger partial charge in [-0.3, -0.25) is 4.90 Å². The highest BCUT2D eigenvalue weighted by molar-refractivity contribution is 5.77. The van der Waals surface area contributed by atoms with Gasteiger partial charge in [-0.25, -0.2) is 4.99 Å². The van der Waals surface area contributed by atoms with Crippen LogP contribution in [0.15, 0.2) is 29.3 Å². The Morgan fingerprint density at radius 3 is 2.56 bits per heavy atom. The average Bonchev–Trinajstić information content (AvgIpc) is 3.45. The number of benzene rings is 1. The van der Waals surface area contributed by atoms with Crippen LogP contribution >= 0.6 is 0 Å². The zero-order valence-electron chi connectivity index (χ0n) is 15.3. The van der Waals surface area contributed by atoms with E-state index in [1.54, 1.807) is 7.11 Å². The number of hydrogen-bond acceptors (Lipinski definition) is 4. The summed E-state index contributed by atoms with van der Waals surface area (Å²) < 4.78 is 4.97. The Morgan fingerprint density at radius 1 is 1.20 bits per heavy atom. The van der Waals surface area contributed by atoms with Gasteiger partial charge in [0.05, 0.1) is 13.2 Å². The lowest BCUT2D eigenvalue weighted by Crippen LogP contribution is -2.47. The van der Waals surface area contributed by atoms with Gasteiger partial charge < -0.3 is 20.7 Å². The van der Waals surface area contributed by atoms with Crippen molar-refractivity contribution in [3.05, 3.63) is 29.8 Å². The van der Waals surface area contributed by atoms with E-state index in [1.807, 2.05) is 0 Å². The maximum atomic E-state index is 5.83. The molecule has 6 nitrogen and oxygen atoms in total. The molecule has 0 spiro atoms. The van der Waals surface area contributed by atoms with Crippen molar-refractivity contribution in [2.24, 2.45) is 16.6 Å². The Labute approximate surface area is 151 Å². The predicted octanol–water partition coefficient (Wildman–Crippen LogP) is 1.27. The maximum absolute atomic E-state index is 5.83. The van der Waals surface area contributed by atoms with Crippen LogP contribution in [0.5, 0.6) is 0 Å². The highest BCUT2D eigenvalue weighted by Gasteiger charge is 2.26. The Balaban J connectivity index is 1.43. The molecular formula is C19H31N5O. The summed E-state index contributed by atoms with van der Waals surface area (Å²) in [5.74, 6) is 1.45. The van der Waals surface area contributed by atoms with E-state index in [9.17, 15) is 0 Å². The molecule has 1 aliphatic carbocycles. The molecule has 1 aromatic carbocycles. The van der Waals surface area contributed by atoms with Crippen molar-refractivity contribution in [3.63, 3.8) is 0 Å². The molecule has 0 atom stereocenters. The summed E-state index contributed by atoms with van der Waals surface area (Å²) in [5.41, 5.74) is 8.32. The summed E-state index contributed by atoms with van der Waals surface area (Å²) in [6, 6.07) is 8.71. The minimum absolute atomic E-state index is 0.466. The van der Waals surface area contributed by atoms with Gasteiger partial charge in [-0.2, -0.15) is 0 Å². The molecule has 0 bridgehead atoms. The van der Waals surface area contributed by atoms with E-state index in [0.29, 0.717) is 25.7 Å². The van der Waals surface area contributed by atoms with Crippen molar-refractivity contribution < 1.29 is 4.74 Å². The smallest absolute Gasteiger partial charge is 0.188 e. The second kappa shape index (κ2) is 9.06. The fourth-order valence-electron chi connectivity index (χ4n) is 3.18. The van der Waals surface area contributed by atoms with Gasteiger partial charge in [-0.1, -0.05) is 12.1 Å². The maximum Gasteiger partial charge on any atom is 0.188 e. The van der Waals surface area contributed by atoms with Gasteiger partial charge in [0.25, 0.3) is 0 Å². The monoisotopic (exact) mass is 345 g/mol. The number of anilines is 1. The first-order chi connectivity index (χ1) is 12.2. The van der Waals surface area contributed by atoms with Gasteiger partial charge in [0.1, 0.15) is 0 Å². The summed E-state index contributed by atoms with van der Waals surface area (Å²) in [4.78, 5) is 9.46. The summed E-state index contributed by atoms with van der Waals surface area (Å²) in [6.45, 7) is 7.84. The number of nitrogens with one attached hydrogen (secondary N) is 1. The SMILES string of the molecule is COCCNC(N)=NCc1ccc(N2CCN(CC3CC3)CC2)cc1. The Bertz CT molecular complexity index is 547. The number of hydrogen-bond donors (Lipinski definition) is 2. The van der Waals surface area contributed by atoms with Crippen LogP contribution in [-0.4, -0.2) is 63.8 Å². The Morgan fingerprint density at radius 2 is 1.92 bits per heavy atom. The Hall–Kier alpha value is -1.79. The number of aliphatic imine (C=N–C) groups is 1. The van der Waals surface area contributed by atoms with Crippen LogP contribution in [-0.2, 0) is 11.3 Å². The van der Waals surface area contributed by atoms with Crippen LogP contribution < -0.4 is 16.0 Å². The van der Waals surface area contributed by atoms with Gasteiger partial charge in [0.2, 0.25) is 0 Å². The van der Waals surface area contributed by atoms with E-state index in [2.05, 4.69) is 44.4 Å². The van der Waals surface area contributed by atoms with Crippen LogP contribution in [0.1, 0.15) is 18.4 Å². The lowest BCUT2D eigenvalue weighted by atomic mass is 10.1. The third-order valence-corrected chi connectivity index (χ3v) is 4.93. The van der Waals surface area contributed by atoms with Crippen molar-refractivity contribution in [3.8, 4) is 0 Å². The molecular weight excluding hydrogens is 314 g/mol. The second-order valence-electron chi connectivity index (χ2n) is 7.02. The Kier molecular flexibility index (Phi) is 6.53. The molecule has 2 aliphatic rings. The normalized spacial score (nSPS) is 19.2. The van der Waals surface area contributed by atoms with Gasteiger partial charge in [0.15, 0.2) is 5.96 Å². The highest BCUT2D eigenvalue weighted by atomic mass is 16.5. The number of nitrogens with two attached hydrogens (primary N) is 1. The van der Waals surface area contributed by atoms with Crippen molar-refractivity contribution in [2.75, 3.05) is 57.9 Å². The lowest BCUT2D eigenvalue weighted by molar-refractivity contribution is 0.204. The highest BCUT2D eigenvalue weighted by Crippen LogP contribution is 2.30. The van der Waals surface area contributed by atoms with Crippen molar-refractivity contribution >= 4 is 11.6 Å². The number of rotatable bonds is 8. The van der Waals surface area contributed by atoms with Crippen molar-refractivity contribution in [1.29, 1.82) is 0 Å². The first-order valence-electron chi connectivity index (χ1n) is 9.33. The molecule has 1 heterocycles. The molecule has 6 heteroatoms. The van der Waals surface area contributed by atoms with Gasteiger partial charge in [0, 0.05) is 52.1 Å². The third kappa shape index (κ3) is 5.90. The van der Waals surface area contributed by atoms with E-state index in [4.69, 9.17) is 10.5 Å². The molecule has 138 valence electrons. The van der Waals surface area contributed by atoms with E-state index in [0.717, 1.165) is 19.0 Å². The standard InChI is InChI=1S/C19H31N5O/c1-25-13-8-21-19(20)22-14-16-4-6-18(7-5-16)24-11-9-23(10-12-24)15-17-2-3-17/h4-7,17H,2-3,8-15H2,1H3,(H3,20,21,22). The third-order valence-electron chi connectivity index (χ3n) is 4.93. The molecule has 0 amide bonds. The van der Waals surface area contributed by atoms with Crippen LogP contribution in [0.3, 0.4) is 0 Å². The number of guanidine groups is 1. The molecule has 1 aliphatic heterocycles. The molecule has 2 fully saturated rings. The number of piperazine rings is 1. The van der Waals surface area contributed by atoms with E-state index in [-0.39, 0.29) is 0 Å². The fourth-order valence-corrected chi connectivity index (χ4v) is 3.18. The lowest BCUT2D eigenvalue weighted by Gasteiger charge is -2.36. The quantitative estimate of drug-likeness (QED) is 0.422. The van der Waals surface area contributed by atoms with Gasteiger partial charge in [-0.15, -0.1) is 0 Å². The number of ether oxygens (including phenoxy) is 1. The van der Waals surface area contributed by atoms with E-state index >= 15 is 0 Å². The minimum atomic E-state index is 0.466. The molecule has 1 aromatic rings. The summed E-state index contributed by atoms with van der Waals surface area (Å²) in [5, 5.41) is 3.03. The number of methoxy groups -OCH3 is 1. The fraction of sp³-hybridized carbons (Fsp3) is 0.632. The van der Waals surface area contributed by atoms with Gasteiger partial charge >= 0.3 is 0 Å².